The fourth-order valence-corrected chi connectivity index (χ4v) is 2.12. The van der Waals surface area contributed by atoms with Crippen LogP contribution in [-0.2, 0) is 0 Å². The molecule has 96 valence electrons. The number of nitrogens with zero attached hydrogens (tertiary/aromatic N) is 1. The second-order valence-corrected chi connectivity index (χ2v) is 4.63. The summed E-state index contributed by atoms with van der Waals surface area (Å²) in [4.78, 5) is 16.1. The highest BCUT2D eigenvalue weighted by atomic mass is 35.5. The van der Waals surface area contributed by atoms with Crippen LogP contribution in [0.25, 0.3) is 22.0 Å². The van der Waals surface area contributed by atoms with Gasteiger partial charge in [0.2, 0.25) is 5.71 Å². The van der Waals surface area contributed by atoms with Crippen LogP contribution in [0.3, 0.4) is 0 Å². The minimum Gasteiger partial charge on any atom is -0.433 e. The van der Waals surface area contributed by atoms with Gasteiger partial charge in [0.25, 0.3) is 5.91 Å². The molecule has 0 atom stereocenters. The van der Waals surface area contributed by atoms with E-state index in [9.17, 15) is 4.79 Å². The first kappa shape index (κ1) is 12.0. The van der Waals surface area contributed by atoms with Gasteiger partial charge < -0.3 is 9.73 Å². The number of hydrogen-bond acceptors (Lipinski definition) is 3. The molecule has 0 aliphatic carbocycles. The molecule has 0 unspecified atom stereocenters. The monoisotopic (exact) mass is 274 g/mol. The van der Waals surface area contributed by atoms with Crippen LogP contribution in [0, 0.1) is 0 Å². The lowest BCUT2D eigenvalue weighted by Crippen LogP contribution is -2.21. The van der Waals surface area contributed by atoms with E-state index in [1.54, 1.807) is 12.1 Å². The highest BCUT2D eigenvalue weighted by Crippen LogP contribution is 2.24. The van der Waals surface area contributed by atoms with Crippen molar-refractivity contribution in [2.45, 2.75) is 6.92 Å². The molecule has 1 N–H and O–H groups in total. The van der Waals surface area contributed by atoms with Crippen molar-refractivity contribution in [3.63, 3.8) is 0 Å². The Balaban J connectivity index is 2.17. The molecule has 0 radical (unpaired) electrons. The molecule has 0 saturated heterocycles. The summed E-state index contributed by atoms with van der Waals surface area (Å²) < 4.78 is 5.46. The standard InChI is InChI=1S/C14H11ClN2O2/c1-2-16-13(18)12-6-9-5-8-3-4-10(15)7-11(8)17-14(9)19-12/h3-7H,2H2,1H3,(H,16,18). The summed E-state index contributed by atoms with van der Waals surface area (Å²) in [6, 6.07) is 9.09. The Morgan fingerprint density at radius 2 is 2.16 bits per heavy atom. The first-order chi connectivity index (χ1) is 9.17. The molecule has 0 aliphatic rings. The Bertz CT molecular complexity index is 780. The third-order valence-electron chi connectivity index (χ3n) is 2.83. The normalized spacial score (nSPS) is 11.1. The molecule has 0 bridgehead atoms. The predicted molar refractivity (Wildman–Crippen MR) is 74.5 cm³/mol. The Morgan fingerprint density at radius 1 is 1.32 bits per heavy atom. The van der Waals surface area contributed by atoms with E-state index in [1.807, 2.05) is 25.1 Å². The van der Waals surface area contributed by atoms with Gasteiger partial charge in [0.15, 0.2) is 5.76 Å². The molecule has 4 nitrogen and oxygen atoms in total. The van der Waals surface area contributed by atoms with Crippen molar-refractivity contribution in [3.05, 3.63) is 41.1 Å². The number of benzene rings is 1. The number of pyridine rings is 1. The maximum atomic E-state index is 11.7. The van der Waals surface area contributed by atoms with Gasteiger partial charge in [-0.25, -0.2) is 4.98 Å². The van der Waals surface area contributed by atoms with Crippen LogP contribution in [0.2, 0.25) is 5.02 Å². The second-order valence-electron chi connectivity index (χ2n) is 4.19. The molecule has 1 aromatic carbocycles. The SMILES string of the molecule is CCNC(=O)c1cc2cc3ccc(Cl)cc3nc2o1. The first-order valence-corrected chi connectivity index (χ1v) is 6.33. The number of aromatic nitrogens is 1. The lowest BCUT2D eigenvalue weighted by atomic mass is 10.2. The lowest BCUT2D eigenvalue weighted by Gasteiger charge is -1.97. The van der Waals surface area contributed by atoms with E-state index in [1.165, 1.54) is 0 Å². The Kier molecular flexibility index (Phi) is 2.87. The summed E-state index contributed by atoms with van der Waals surface area (Å²) in [6.07, 6.45) is 0. The number of rotatable bonds is 2. The summed E-state index contributed by atoms with van der Waals surface area (Å²) in [5.74, 6) is 0.0355. The Labute approximate surface area is 114 Å². The highest BCUT2D eigenvalue weighted by Gasteiger charge is 2.12. The van der Waals surface area contributed by atoms with Gasteiger partial charge in [-0.3, -0.25) is 4.79 Å². The van der Waals surface area contributed by atoms with E-state index in [2.05, 4.69) is 10.3 Å². The molecular formula is C14H11ClN2O2. The largest absolute Gasteiger partial charge is 0.433 e. The number of carbonyl (C=O) groups excluding carboxylic acids is 1. The van der Waals surface area contributed by atoms with Gasteiger partial charge in [0, 0.05) is 22.3 Å². The molecule has 0 saturated carbocycles. The average Bonchev–Trinajstić information content (AvgIpc) is 2.79. The van der Waals surface area contributed by atoms with Gasteiger partial charge in [-0.1, -0.05) is 17.7 Å². The quantitative estimate of drug-likeness (QED) is 0.779. The number of furan rings is 1. The van der Waals surface area contributed by atoms with Crippen LogP contribution in [0.4, 0.5) is 0 Å². The fraction of sp³-hybridized carbons (Fsp3) is 0.143. The zero-order chi connectivity index (χ0) is 13.4. The zero-order valence-corrected chi connectivity index (χ0v) is 11.0. The summed E-state index contributed by atoms with van der Waals surface area (Å²) in [5, 5.41) is 5.07. The summed E-state index contributed by atoms with van der Waals surface area (Å²) in [7, 11) is 0. The van der Waals surface area contributed by atoms with Crippen LogP contribution in [-0.4, -0.2) is 17.4 Å². The van der Waals surface area contributed by atoms with Crippen molar-refractivity contribution in [2.24, 2.45) is 0 Å². The van der Waals surface area contributed by atoms with E-state index >= 15 is 0 Å². The molecule has 0 fully saturated rings. The number of hydrogen-bond donors (Lipinski definition) is 1. The second kappa shape index (κ2) is 4.55. The average molecular weight is 275 g/mol. The molecule has 0 aliphatic heterocycles. The lowest BCUT2D eigenvalue weighted by molar-refractivity contribution is 0.0930. The van der Waals surface area contributed by atoms with Gasteiger partial charge in [-0.15, -0.1) is 0 Å². The molecule has 19 heavy (non-hydrogen) atoms. The van der Waals surface area contributed by atoms with E-state index in [0.717, 1.165) is 16.3 Å². The molecule has 1 amide bonds. The van der Waals surface area contributed by atoms with E-state index < -0.39 is 0 Å². The number of halogens is 1. The fourth-order valence-electron chi connectivity index (χ4n) is 1.96. The molecule has 5 heteroatoms. The summed E-state index contributed by atoms with van der Waals surface area (Å²) in [6.45, 7) is 2.41. The molecular weight excluding hydrogens is 264 g/mol. The summed E-state index contributed by atoms with van der Waals surface area (Å²) in [5.41, 5.74) is 1.19. The van der Waals surface area contributed by atoms with Crippen molar-refractivity contribution < 1.29 is 9.21 Å². The molecule has 0 spiro atoms. The number of fused-ring (bicyclic) bond motifs is 2. The molecule has 2 heterocycles. The topological polar surface area (TPSA) is 55.1 Å². The first-order valence-electron chi connectivity index (χ1n) is 5.95. The van der Waals surface area contributed by atoms with Crippen LogP contribution in [0.15, 0.2) is 34.7 Å². The van der Waals surface area contributed by atoms with Gasteiger partial charge >= 0.3 is 0 Å². The third-order valence-corrected chi connectivity index (χ3v) is 3.06. The number of carbonyl (C=O) groups is 1. The van der Waals surface area contributed by atoms with E-state index in [4.69, 9.17) is 16.0 Å². The van der Waals surface area contributed by atoms with Gasteiger partial charge in [-0.2, -0.15) is 0 Å². The van der Waals surface area contributed by atoms with Crippen molar-refractivity contribution in [1.82, 2.24) is 10.3 Å². The van der Waals surface area contributed by atoms with Crippen molar-refractivity contribution >= 4 is 39.5 Å². The van der Waals surface area contributed by atoms with Crippen LogP contribution in [0.5, 0.6) is 0 Å². The summed E-state index contributed by atoms with van der Waals surface area (Å²) >= 11 is 5.93. The van der Waals surface area contributed by atoms with E-state index in [-0.39, 0.29) is 11.7 Å². The minimum atomic E-state index is -0.234. The Hall–Kier alpha value is -2.07. The van der Waals surface area contributed by atoms with Gasteiger partial charge in [0.1, 0.15) is 0 Å². The Morgan fingerprint density at radius 3 is 2.95 bits per heavy atom. The molecule has 2 aromatic heterocycles. The van der Waals surface area contributed by atoms with Crippen LogP contribution in [0.1, 0.15) is 17.5 Å². The smallest absolute Gasteiger partial charge is 0.287 e. The van der Waals surface area contributed by atoms with Crippen molar-refractivity contribution in [1.29, 1.82) is 0 Å². The number of nitrogens with one attached hydrogen (secondary N) is 1. The zero-order valence-electron chi connectivity index (χ0n) is 10.2. The van der Waals surface area contributed by atoms with Crippen molar-refractivity contribution in [2.75, 3.05) is 6.54 Å². The van der Waals surface area contributed by atoms with Gasteiger partial charge in [0.05, 0.1) is 5.52 Å². The molecule has 3 rings (SSSR count). The minimum absolute atomic E-state index is 0.234. The van der Waals surface area contributed by atoms with Crippen LogP contribution >= 0.6 is 11.6 Å². The van der Waals surface area contributed by atoms with Crippen molar-refractivity contribution in [3.8, 4) is 0 Å². The molecule has 3 aromatic rings. The maximum Gasteiger partial charge on any atom is 0.287 e. The highest BCUT2D eigenvalue weighted by molar-refractivity contribution is 6.31. The maximum absolute atomic E-state index is 11.7. The third kappa shape index (κ3) is 2.15. The number of amides is 1. The van der Waals surface area contributed by atoms with Gasteiger partial charge in [-0.05, 0) is 31.2 Å². The van der Waals surface area contributed by atoms with E-state index in [0.29, 0.717) is 17.3 Å². The van der Waals surface area contributed by atoms with Crippen LogP contribution < -0.4 is 5.32 Å². The predicted octanol–water partition coefficient (Wildman–Crippen LogP) is 3.38.